The zero-order valence-electron chi connectivity index (χ0n) is 8.53. The fourth-order valence-corrected chi connectivity index (χ4v) is 2.03. The van der Waals surface area contributed by atoms with Gasteiger partial charge in [-0.1, -0.05) is 12.1 Å². The molecule has 96 valence electrons. The molecule has 0 bridgehead atoms. The summed E-state index contributed by atoms with van der Waals surface area (Å²) in [5, 5.41) is 0. The number of hydrogen-bond donors (Lipinski definition) is 0. The van der Waals surface area contributed by atoms with E-state index in [1.807, 2.05) is 0 Å². The van der Waals surface area contributed by atoms with Crippen LogP contribution in [0.2, 0.25) is 0 Å². The second-order valence-electron chi connectivity index (χ2n) is 3.16. The monoisotopic (exact) mass is 288 g/mol. The van der Waals surface area contributed by atoms with Crippen molar-refractivity contribution in [3.63, 3.8) is 0 Å². The summed E-state index contributed by atoms with van der Waals surface area (Å²) in [6.07, 6.45) is -6.65. The third-order valence-electron chi connectivity index (χ3n) is 2.00. The number of methoxy groups -OCH3 is 1. The maximum atomic E-state index is 12.5. The van der Waals surface area contributed by atoms with E-state index in [1.165, 1.54) is 0 Å². The number of halogens is 4. The summed E-state index contributed by atoms with van der Waals surface area (Å²) < 4.78 is 63.5. The summed E-state index contributed by atoms with van der Waals surface area (Å²) in [6.45, 7) is 0. The molecular formula is C9H8ClF3O3S. The minimum absolute atomic E-state index is 0.191. The lowest BCUT2D eigenvalue weighted by atomic mass is 10.1. The van der Waals surface area contributed by atoms with Crippen LogP contribution >= 0.6 is 10.7 Å². The van der Waals surface area contributed by atoms with Crippen LogP contribution in [0.15, 0.2) is 29.2 Å². The Morgan fingerprint density at radius 3 is 2.00 bits per heavy atom. The highest BCUT2D eigenvalue weighted by atomic mass is 35.7. The normalized spacial score (nSPS) is 14.6. The van der Waals surface area contributed by atoms with Gasteiger partial charge < -0.3 is 4.74 Å². The molecule has 1 atom stereocenters. The highest BCUT2D eigenvalue weighted by Crippen LogP contribution is 2.35. The topological polar surface area (TPSA) is 43.4 Å². The average molecular weight is 289 g/mol. The van der Waals surface area contributed by atoms with Gasteiger partial charge in [-0.2, -0.15) is 13.2 Å². The maximum Gasteiger partial charge on any atom is 0.418 e. The molecular weight excluding hydrogens is 281 g/mol. The van der Waals surface area contributed by atoms with E-state index in [1.54, 1.807) is 0 Å². The number of rotatable bonds is 3. The molecule has 0 heterocycles. The smallest absolute Gasteiger partial charge is 0.367 e. The molecule has 0 saturated carbocycles. The van der Waals surface area contributed by atoms with Crippen LogP contribution in [-0.2, 0) is 13.8 Å². The molecule has 0 aromatic heterocycles. The van der Waals surface area contributed by atoms with Crippen LogP contribution in [0.4, 0.5) is 13.2 Å². The molecule has 1 aromatic rings. The Kier molecular flexibility index (Phi) is 4.06. The number of alkyl halides is 3. The first-order chi connectivity index (χ1) is 7.66. The van der Waals surface area contributed by atoms with Crippen molar-refractivity contribution in [1.82, 2.24) is 0 Å². The molecule has 0 aliphatic carbocycles. The largest absolute Gasteiger partial charge is 0.418 e. The first-order valence-electron chi connectivity index (χ1n) is 4.30. The summed E-state index contributed by atoms with van der Waals surface area (Å²) in [5.74, 6) is 0. The van der Waals surface area contributed by atoms with Crippen molar-refractivity contribution in [3.05, 3.63) is 29.8 Å². The molecule has 0 N–H and O–H groups in total. The Morgan fingerprint density at radius 1 is 1.24 bits per heavy atom. The van der Waals surface area contributed by atoms with E-state index in [0.29, 0.717) is 0 Å². The predicted octanol–water partition coefficient (Wildman–Crippen LogP) is 2.86. The molecule has 0 fully saturated rings. The summed E-state index contributed by atoms with van der Waals surface area (Å²) in [7, 11) is 2.02. The van der Waals surface area contributed by atoms with Gasteiger partial charge >= 0.3 is 6.18 Å². The molecule has 0 aliphatic heterocycles. The van der Waals surface area contributed by atoms with Gasteiger partial charge in [0.2, 0.25) is 0 Å². The molecule has 3 nitrogen and oxygen atoms in total. The summed E-state index contributed by atoms with van der Waals surface area (Å²) >= 11 is 0. The fraction of sp³-hybridized carbons (Fsp3) is 0.333. The third kappa shape index (κ3) is 3.58. The van der Waals surface area contributed by atoms with Gasteiger partial charge in [0.05, 0.1) is 4.90 Å². The van der Waals surface area contributed by atoms with E-state index >= 15 is 0 Å². The number of benzene rings is 1. The van der Waals surface area contributed by atoms with Crippen LogP contribution in [0.1, 0.15) is 11.7 Å². The van der Waals surface area contributed by atoms with Crippen LogP contribution in [0.5, 0.6) is 0 Å². The van der Waals surface area contributed by atoms with Gasteiger partial charge in [0, 0.05) is 17.8 Å². The minimum Gasteiger partial charge on any atom is -0.367 e. The molecule has 0 spiro atoms. The van der Waals surface area contributed by atoms with Crippen molar-refractivity contribution < 1.29 is 26.3 Å². The van der Waals surface area contributed by atoms with Gasteiger partial charge in [0.1, 0.15) is 0 Å². The van der Waals surface area contributed by atoms with Crippen LogP contribution in [0.3, 0.4) is 0 Å². The Bertz CT molecular complexity index is 481. The molecule has 1 unspecified atom stereocenters. The minimum atomic E-state index is -4.56. The molecule has 8 heteroatoms. The summed E-state index contributed by atoms with van der Waals surface area (Å²) in [4.78, 5) is -0.264. The lowest BCUT2D eigenvalue weighted by Gasteiger charge is -2.18. The lowest BCUT2D eigenvalue weighted by molar-refractivity contribution is -0.215. The standard InChI is InChI=1S/C9H8ClF3O3S/c1-16-8(9(11,12)13)6-2-4-7(5-3-6)17(10,14)15/h2-5,8H,1H3. The zero-order valence-corrected chi connectivity index (χ0v) is 10.1. The van der Waals surface area contributed by atoms with Crippen molar-refractivity contribution in [2.24, 2.45) is 0 Å². The highest BCUT2D eigenvalue weighted by molar-refractivity contribution is 8.13. The van der Waals surface area contributed by atoms with E-state index in [9.17, 15) is 21.6 Å². The van der Waals surface area contributed by atoms with Crippen molar-refractivity contribution >= 4 is 19.7 Å². The van der Waals surface area contributed by atoms with Gasteiger partial charge in [-0.3, -0.25) is 0 Å². The third-order valence-corrected chi connectivity index (χ3v) is 3.37. The quantitative estimate of drug-likeness (QED) is 0.803. The van der Waals surface area contributed by atoms with Crippen LogP contribution in [-0.4, -0.2) is 21.7 Å². The molecule has 1 rings (SSSR count). The van der Waals surface area contributed by atoms with E-state index < -0.39 is 21.3 Å². The first-order valence-corrected chi connectivity index (χ1v) is 6.61. The maximum absolute atomic E-state index is 12.5. The fourth-order valence-electron chi connectivity index (χ4n) is 1.26. The van der Waals surface area contributed by atoms with Gasteiger partial charge in [-0.05, 0) is 17.7 Å². The van der Waals surface area contributed by atoms with Gasteiger partial charge in [0.25, 0.3) is 9.05 Å². The molecule has 0 saturated heterocycles. The first kappa shape index (κ1) is 14.3. The average Bonchev–Trinajstić information content (AvgIpc) is 2.16. The Morgan fingerprint density at radius 2 is 1.71 bits per heavy atom. The second kappa shape index (κ2) is 4.83. The lowest BCUT2D eigenvalue weighted by Crippen LogP contribution is -2.22. The number of hydrogen-bond acceptors (Lipinski definition) is 3. The van der Waals surface area contributed by atoms with Crippen molar-refractivity contribution in [1.29, 1.82) is 0 Å². The summed E-state index contributed by atoms with van der Waals surface area (Å²) in [6, 6.07) is 4.01. The Hall–Kier alpha value is -0.790. The van der Waals surface area contributed by atoms with Crippen LogP contribution in [0, 0.1) is 0 Å². The van der Waals surface area contributed by atoms with E-state index in [-0.39, 0.29) is 10.5 Å². The Balaban J connectivity index is 3.10. The second-order valence-corrected chi connectivity index (χ2v) is 5.73. The SMILES string of the molecule is COC(c1ccc(S(=O)(=O)Cl)cc1)C(F)(F)F. The van der Waals surface area contributed by atoms with E-state index in [2.05, 4.69) is 4.74 Å². The zero-order chi connectivity index (χ0) is 13.3. The molecule has 17 heavy (non-hydrogen) atoms. The Labute approximate surface area is 101 Å². The van der Waals surface area contributed by atoms with Gasteiger partial charge in [-0.15, -0.1) is 0 Å². The van der Waals surface area contributed by atoms with Crippen LogP contribution < -0.4 is 0 Å². The van der Waals surface area contributed by atoms with E-state index in [4.69, 9.17) is 10.7 Å². The van der Waals surface area contributed by atoms with Crippen molar-refractivity contribution in [2.45, 2.75) is 17.2 Å². The molecule has 0 radical (unpaired) electrons. The summed E-state index contributed by atoms with van der Waals surface area (Å²) in [5.41, 5.74) is -0.191. The van der Waals surface area contributed by atoms with Gasteiger partial charge in [0.15, 0.2) is 6.10 Å². The highest BCUT2D eigenvalue weighted by Gasteiger charge is 2.41. The molecule has 1 aromatic carbocycles. The number of ether oxygens (including phenoxy) is 1. The van der Waals surface area contributed by atoms with Gasteiger partial charge in [-0.25, -0.2) is 8.42 Å². The molecule has 0 amide bonds. The van der Waals surface area contributed by atoms with Crippen LogP contribution in [0.25, 0.3) is 0 Å². The molecule has 0 aliphatic rings. The van der Waals surface area contributed by atoms with Crippen molar-refractivity contribution in [2.75, 3.05) is 7.11 Å². The predicted molar refractivity (Wildman–Crippen MR) is 55.3 cm³/mol. The van der Waals surface area contributed by atoms with Crippen molar-refractivity contribution in [3.8, 4) is 0 Å². The van der Waals surface area contributed by atoms with E-state index in [0.717, 1.165) is 31.4 Å².